The van der Waals surface area contributed by atoms with Crippen molar-refractivity contribution in [2.24, 2.45) is 0 Å². The summed E-state index contributed by atoms with van der Waals surface area (Å²) in [7, 11) is 0. The first kappa shape index (κ1) is 13.5. The minimum Gasteiger partial charge on any atom is -0.385 e. The van der Waals surface area contributed by atoms with Gasteiger partial charge in [-0.15, -0.1) is 0 Å². The third kappa shape index (κ3) is 2.42. The molecule has 1 atom stereocenters. The van der Waals surface area contributed by atoms with Gasteiger partial charge in [0.2, 0.25) is 0 Å². The lowest BCUT2D eigenvalue weighted by Gasteiger charge is -2.27. The first-order chi connectivity index (χ1) is 9.66. The molecule has 0 saturated heterocycles. The molecule has 1 aliphatic heterocycles. The Morgan fingerprint density at radius 2 is 2.20 bits per heavy atom. The number of aromatic nitrogens is 2. The molecule has 0 bridgehead atoms. The number of halogens is 1. The lowest BCUT2D eigenvalue weighted by molar-refractivity contribution is 0.491. The van der Waals surface area contributed by atoms with Crippen LogP contribution in [0.15, 0.2) is 30.5 Å². The van der Waals surface area contributed by atoms with Crippen molar-refractivity contribution >= 4 is 17.3 Å². The lowest BCUT2D eigenvalue weighted by Crippen LogP contribution is -2.20. The fourth-order valence-electron chi connectivity index (χ4n) is 3.00. The Balaban J connectivity index is 1.91. The van der Waals surface area contributed by atoms with Crippen molar-refractivity contribution in [2.75, 3.05) is 11.9 Å². The van der Waals surface area contributed by atoms with E-state index in [0.29, 0.717) is 12.0 Å². The summed E-state index contributed by atoms with van der Waals surface area (Å²) in [6, 6.07) is 8.91. The van der Waals surface area contributed by atoms with Crippen LogP contribution in [0.1, 0.15) is 43.5 Å². The summed E-state index contributed by atoms with van der Waals surface area (Å²) in [6.45, 7) is 5.31. The predicted octanol–water partition coefficient (Wildman–Crippen LogP) is 4.26. The summed E-state index contributed by atoms with van der Waals surface area (Å²) in [5, 5.41) is 8.66. The van der Waals surface area contributed by atoms with E-state index in [0.717, 1.165) is 30.1 Å². The number of nitrogens with zero attached hydrogens (tertiary/aromatic N) is 2. The van der Waals surface area contributed by atoms with Gasteiger partial charge >= 0.3 is 0 Å². The summed E-state index contributed by atoms with van der Waals surface area (Å²) in [4.78, 5) is 0. The Labute approximate surface area is 124 Å². The molecule has 2 heterocycles. The van der Waals surface area contributed by atoms with Gasteiger partial charge in [-0.05, 0) is 44.2 Å². The summed E-state index contributed by atoms with van der Waals surface area (Å²) < 4.78 is 2.05. The molecule has 0 aliphatic carbocycles. The molecule has 2 aromatic rings. The van der Waals surface area contributed by atoms with Crippen LogP contribution in [-0.2, 0) is 6.42 Å². The van der Waals surface area contributed by atoms with Gasteiger partial charge in [-0.1, -0.05) is 29.8 Å². The second-order valence-corrected chi connectivity index (χ2v) is 6.09. The van der Waals surface area contributed by atoms with Crippen molar-refractivity contribution < 1.29 is 0 Å². The van der Waals surface area contributed by atoms with E-state index in [1.165, 1.54) is 11.3 Å². The number of hydrogen-bond donors (Lipinski definition) is 1. The largest absolute Gasteiger partial charge is 0.385 e. The van der Waals surface area contributed by atoms with Crippen LogP contribution in [0.4, 0.5) is 5.69 Å². The fourth-order valence-corrected chi connectivity index (χ4v) is 3.21. The highest BCUT2D eigenvalue weighted by molar-refractivity contribution is 6.31. The quantitative estimate of drug-likeness (QED) is 0.915. The molecule has 0 spiro atoms. The van der Waals surface area contributed by atoms with Crippen LogP contribution >= 0.6 is 11.6 Å². The zero-order valence-electron chi connectivity index (χ0n) is 11.9. The van der Waals surface area contributed by atoms with Gasteiger partial charge in [-0.3, -0.25) is 4.68 Å². The van der Waals surface area contributed by atoms with E-state index in [-0.39, 0.29) is 0 Å². The first-order valence-electron chi connectivity index (χ1n) is 7.21. The molecule has 1 aliphatic rings. The van der Waals surface area contributed by atoms with E-state index < -0.39 is 0 Å². The average molecular weight is 290 g/mol. The molecule has 0 saturated carbocycles. The molecule has 1 aromatic carbocycles. The Morgan fingerprint density at radius 1 is 1.40 bits per heavy atom. The SMILES string of the molecule is CC(C)n1ncc(Cl)c1CC1CCNc2ccccc21. The molecule has 0 amide bonds. The van der Waals surface area contributed by atoms with Crippen LogP contribution in [0.2, 0.25) is 5.02 Å². The number of anilines is 1. The number of fused-ring (bicyclic) bond motifs is 1. The number of rotatable bonds is 3. The third-order valence-electron chi connectivity index (χ3n) is 3.99. The maximum atomic E-state index is 6.34. The van der Waals surface area contributed by atoms with Crippen LogP contribution in [0.3, 0.4) is 0 Å². The van der Waals surface area contributed by atoms with Gasteiger partial charge in [0, 0.05) is 18.3 Å². The molecule has 1 aromatic heterocycles. The molecule has 4 heteroatoms. The Kier molecular flexibility index (Phi) is 3.70. The van der Waals surface area contributed by atoms with Crippen molar-refractivity contribution in [3.63, 3.8) is 0 Å². The number of nitrogens with one attached hydrogen (secondary N) is 1. The second-order valence-electron chi connectivity index (χ2n) is 5.68. The Bertz CT molecular complexity index is 604. The number of hydrogen-bond acceptors (Lipinski definition) is 2. The molecule has 106 valence electrons. The lowest BCUT2D eigenvalue weighted by atomic mass is 9.87. The first-order valence-corrected chi connectivity index (χ1v) is 7.59. The van der Waals surface area contributed by atoms with Crippen molar-refractivity contribution in [3.8, 4) is 0 Å². The highest BCUT2D eigenvalue weighted by Crippen LogP contribution is 2.35. The maximum absolute atomic E-state index is 6.34. The van der Waals surface area contributed by atoms with E-state index in [1.807, 2.05) is 4.68 Å². The van der Waals surface area contributed by atoms with Crippen molar-refractivity contribution in [3.05, 3.63) is 46.7 Å². The highest BCUT2D eigenvalue weighted by Gasteiger charge is 2.23. The summed E-state index contributed by atoms with van der Waals surface area (Å²) in [5.74, 6) is 0.513. The Morgan fingerprint density at radius 3 is 3.00 bits per heavy atom. The van der Waals surface area contributed by atoms with Crippen molar-refractivity contribution in [1.82, 2.24) is 9.78 Å². The molecule has 0 radical (unpaired) electrons. The molecule has 1 N–H and O–H groups in total. The smallest absolute Gasteiger partial charge is 0.0818 e. The van der Waals surface area contributed by atoms with E-state index in [2.05, 4.69) is 48.5 Å². The van der Waals surface area contributed by atoms with Crippen molar-refractivity contribution in [1.29, 1.82) is 0 Å². The minimum absolute atomic E-state index is 0.342. The minimum atomic E-state index is 0.342. The topological polar surface area (TPSA) is 29.9 Å². The van der Waals surface area contributed by atoms with Crippen LogP contribution in [-0.4, -0.2) is 16.3 Å². The van der Waals surface area contributed by atoms with Gasteiger partial charge in [0.15, 0.2) is 0 Å². The predicted molar refractivity (Wildman–Crippen MR) is 83.6 cm³/mol. The van der Waals surface area contributed by atoms with Gasteiger partial charge in [0.05, 0.1) is 16.9 Å². The van der Waals surface area contributed by atoms with Gasteiger partial charge in [0.1, 0.15) is 0 Å². The molecule has 0 fully saturated rings. The monoisotopic (exact) mass is 289 g/mol. The molecular formula is C16H20ClN3. The van der Waals surface area contributed by atoms with Crippen LogP contribution in [0.25, 0.3) is 0 Å². The molecular weight excluding hydrogens is 270 g/mol. The maximum Gasteiger partial charge on any atom is 0.0818 e. The summed E-state index contributed by atoms with van der Waals surface area (Å²) >= 11 is 6.34. The van der Waals surface area contributed by atoms with E-state index >= 15 is 0 Å². The Hall–Kier alpha value is -1.48. The normalized spacial score (nSPS) is 17.9. The van der Waals surface area contributed by atoms with E-state index in [4.69, 9.17) is 11.6 Å². The second kappa shape index (κ2) is 5.49. The van der Waals surface area contributed by atoms with Crippen molar-refractivity contribution in [2.45, 2.75) is 38.6 Å². The van der Waals surface area contributed by atoms with E-state index in [9.17, 15) is 0 Å². The van der Waals surface area contributed by atoms with Gasteiger partial charge in [0.25, 0.3) is 0 Å². The van der Waals surface area contributed by atoms with Gasteiger partial charge in [-0.25, -0.2) is 0 Å². The van der Waals surface area contributed by atoms with Crippen LogP contribution in [0.5, 0.6) is 0 Å². The number of para-hydroxylation sites is 1. The molecule has 3 nitrogen and oxygen atoms in total. The van der Waals surface area contributed by atoms with Gasteiger partial charge in [-0.2, -0.15) is 5.10 Å². The zero-order chi connectivity index (χ0) is 14.1. The standard InChI is InChI=1S/C16H20ClN3/c1-11(2)20-16(14(17)10-19-20)9-12-7-8-18-15-6-4-3-5-13(12)15/h3-6,10-12,18H,7-9H2,1-2H3. The number of benzene rings is 1. The summed E-state index contributed by atoms with van der Waals surface area (Å²) in [5.41, 5.74) is 3.81. The molecule has 1 unspecified atom stereocenters. The van der Waals surface area contributed by atoms with Crippen LogP contribution in [0, 0.1) is 0 Å². The molecule has 3 rings (SSSR count). The molecule has 20 heavy (non-hydrogen) atoms. The fraction of sp³-hybridized carbons (Fsp3) is 0.438. The average Bonchev–Trinajstić information content (AvgIpc) is 2.81. The van der Waals surface area contributed by atoms with E-state index in [1.54, 1.807) is 6.20 Å². The third-order valence-corrected chi connectivity index (χ3v) is 4.30. The van der Waals surface area contributed by atoms with Crippen LogP contribution < -0.4 is 5.32 Å². The zero-order valence-corrected chi connectivity index (χ0v) is 12.7. The summed E-state index contributed by atoms with van der Waals surface area (Å²) in [6.07, 6.45) is 3.86. The highest BCUT2D eigenvalue weighted by atomic mass is 35.5. The van der Waals surface area contributed by atoms with Gasteiger partial charge < -0.3 is 5.32 Å².